The van der Waals surface area contributed by atoms with E-state index in [1.165, 1.54) is 0 Å². The van der Waals surface area contributed by atoms with Gasteiger partial charge >= 0.3 is 0 Å². The van der Waals surface area contributed by atoms with Crippen LogP contribution in [0.15, 0.2) is 36.4 Å². The molecule has 134 valence electrons. The van der Waals surface area contributed by atoms with E-state index < -0.39 is 0 Å². The second-order valence-corrected chi connectivity index (χ2v) is 7.06. The summed E-state index contributed by atoms with van der Waals surface area (Å²) in [5.41, 5.74) is 2.91. The third kappa shape index (κ3) is 2.61. The van der Waals surface area contributed by atoms with Gasteiger partial charge in [0, 0.05) is 18.0 Å². The molecule has 4 rings (SSSR count). The molecule has 0 radical (unpaired) electrons. The Bertz CT molecular complexity index is 849. The first-order valence-corrected chi connectivity index (χ1v) is 8.96. The topological polar surface area (TPSA) is 42.0 Å². The number of methoxy groups -OCH3 is 2. The SMILES string of the molecule is COc1cc2c(cc1OC)CN1C(=S)N(c3ccc(Cl)cc3)C(=O)[C@H]1C2. The molecule has 0 saturated carbocycles. The normalized spacial score (nSPS) is 18.7. The Hall–Kier alpha value is -2.31. The van der Waals surface area contributed by atoms with E-state index in [4.69, 9.17) is 33.3 Å². The van der Waals surface area contributed by atoms with Gasteiger partial charge in [-0.1, -0.05) is 11.6 Å². The Labute approximate surface area is 162 Å². The van der Waals surface area contributed by atoms with Gasteiger partial charge < -0.3 is 14.4 Å². The van der Waals surface area contributed by atoms with E-state index in [0.29, 0.717) is 34.6 Å². The first-order chi connectivity index (χ1) is 12.5. The maximum Gasteiger partial charge on any atom is 0.256 e. The lowest BCUT2D eigenvalue weighted by Crippen LogP contribution is -2.40. The number of carbonyl (C=O) groups is 1. The lowest BCUT2D eigenvalue weighted by molar-refractivity contribution is -0.119. The molecule has 2 aliphatic rings. The minimum atomic E-state index is -0.302. The fourth-order valence-electron chi connectivity index (χ4n) is 3.53. The van der Waals surface area contributed by atoms with E-state index in [0.717, 1.165) is 16.8 Å². The van der Waals surface area contributed by atoms with Crippen LogP contribution in [0, 0.1) is 0 Å². The van der Waals surface area contributed by atoms with Gasteiger partial charge in [-0.3, -0.25) is 9.69 Å². The third-order valence-electron chi connectivity index (χ3n) is 4.86. The largest absolute Gasteiger partial charge is 0.493 e. The summed E-state index contributed by atoms with van der Waals surface area (Å²) in [5.74, 6) is 1.33. The second kappa shape index (κ2) is 6.45. The third-order valence-corrected chi connectivity index (χ3v) is 5.53. The van der Waals surface area contributed by atoms with Crippen LogP contribution in [0.2, 0.25) is 5.02 Å². The Balaban J connectivity index is 1.70. The van der Waals surface area contributed by atoms with Crippen molar-refractivity contribution >= 4 is 40.5 Å². The van der Waals surface area contributed by atoms with Gasteiger partial charge in [0.1, 0.15) is 6.04 Å². The number of carbonyl (C=O) groups excluding carboxylic acids is 1. The van der Waals surface area contributed by atoms with Gasteiger partial charge in [0.15, 0.2) is 16.6 Å². The monoisotopic (exact) mass is 388 g/mol. The predicted molar refractivity (Wildman–Crippen MR) is 104 cm³/mol. The highest BCUT2D eigenvalue weighted by atomic mass is 35.5. The maximum absolute atomic E-state index is 13.0. The number of halogens is 1. The molecule has 5 nitrogen and oxygen atoms in total. The van der Waals surface area contributed by atoms with Crippen molar-refractivity contribution in [2.75, 3.05) is 19.1 Å². The van der Waals surface area contributed by atoms with Crippen molar-refractivity contribution in [3.63, 3.8) is 0 Å². The fraction of sp³-hybridized carbons (Fsp3) is 0.263. The van der Waals surface area contributed by atoms with Crippen LogP contribution in [-0.4, -0.2) is 36.2 Å². The number of rotatable bonds is 3. The summed E-state index contributed by atoms with van der Waals surface area (Å²) in [6.07, 6.45) is 0.582. The predicted octanol–water partition coefficient (Wildman–Crippen LogP) is 3.42. The zero-order valence-corrected chi connectivity index (χ0v) is 15.9. The summed E-state index contributed by atoms with van der Waals surface area (Å²) < 4.78 is 10.8. The van der Waals surface area contributed by atoms with E-state index in [-0.39, 0.29) is 11.9 Å². The number of anilines is 1. The molecule has 0 spiro atoms. The van der Waals surface area contributed by atoms with Crippen LogP contribution in [0.5, 0.6) is 11.5 Å². The van der Waals surface area contributed by atoms with Crippen LogP contribution < -0.4 is 14.4 Å². The van der Waals surface area contributed by atoms with Crippen molar-refractivity contribution in [1.82, 2.24) is 4.90 Å². The van der Waals surface area contributed by atoms with Crippen LogP contribution in [0.1, 0.15) is 11.1 Å². The average Bonchev–Trinajstić information content (AvgIpc) is 2.90. The van der Waals surface area contributed by atoms with Gasteiger partial charge in [-0.25, -0.2) is 0 Å². The molecule has 2 aromatic carbocycles. The Morgan fingerprint density at radius 3 is 2.31 bits per heavy atom. The zero-order chi connectivity index (χ0) is 18.4. The van der Waals surface area contributed by atoms with Crippen LogP contribution in [0.25, 0.3) is 0 Å². The van der Waals surface area contributed by atoms with Crippen LogP contribution >= 0.6 is 23.8 Å². The number of benzene rings is 2. The van der Waals surface area contributed by atoms with Crippen LogP contribution in [-0.2, 0) is 17.8 Å². The highest BCUT2D eigenvalue weighted by Gasteiger charge is 2.45. The van der Waals surface area contributed by atoms with E-state index in [2.05, 4.69) is 0 Å². The number of fused-ring (bicyclic) bond motifs is 2. The van der Waals surface area contributed by atoms with Crippen molar-refractivity contribution in [1.29, 1.82) is 0 Å². The van der Waals surface area contributed by atoms with E-state index in [1.54, 1.807) is 31.3 Å². The van der Waals surface area contributed by atoms with Crippen molar-refractivity contribution < 1.29 is 14.3 Å². The molecule has 1 fully saturated rings. The highest BCUT2D eigenvalue weighted by Crippen LogP contribution is 2.38. The number of thiocarbonyl (C=S) groups is 1. The first-order valence-electron chi connectivity index (χ1n) is 8.17. The van der Waals surface area contributed by atoms with Gasteiger partial charge in [0.25, 0.3) is 5.91 Å². The molecule has 0 aliphatic carbocycles. The summed E-state index contributed by atoms with van der Waals surface area (Å²) in [6, 6.07) is 10.7. The molecule has 7 heteroatoms. The summed E-state index contributed by atoms with van der Waals surface area (Å²) >= 11 is 11.6. The molecular formula is C19H17ClN2O3S. The van der Waals surface area contributed by atoms with Crippen LogP contribution in [0.3, 0.4) is 0 Å². The maximum atomic E-state index is 13.0. The quantitative estimate of drug-likeness (QED) is 0.754. The molecule has 1 amide bonds. The zero-order valence-electron chi connectivity index (χ0n) is 14.4. The lowest BCUT2D eigenvalue weighted by atomic mass is 9.94. The van der Waals surface area contributed by atoms with Gasteiger partial charge in [0.05, 0.1) is 19.9 Å². The summed E-state index contributed by atoms with van der Waals surface area (Å²) in [4.78, 5) is 16.6. The molecule has 1 saturated heterocycles. The fourth-order valence-corrected chi connectivity index (χ4v) is 4.05. The molecule has 26 heavy (non-hydrogen) atoms. The number of hydrogen-bond acceptors (Lipinski definition) is 4. The van der Waals surface area contributed by atoms with Crippen molar-refractivity contribution in [2.24, 2.45) is 0 Å². The Morgan fingerprint density at radius 2 is 1.69 bits per heavy atom. The van der Waals surface area contributed by atoms with Gasteiger partial charge in [-0.15, -0.1) is 0 Å². The van der Waals surface area contributed by atoms with Crippen LogP contribution in [0.4, 0.5) is 5.69 Å². The molecule has 2 aliphatic heterocycles. The van der Waals surface area contributed by atoms with Gasteiger partial charge in [0.2, 0.25) is 0 Å². The Kier molecular flexibility index (Phi) is 4.25. The molecule has 0 bridgehead atoms. The Morgan fingerprint density at radius 1 is 1.08 bits per heavy atom. The summed E-state index contributed by atoms with van der Waals surface area (Å²) in [6.45, 7) is 0.565. The van der Waals surface area contributed by atoms with E-state index in [9.17, 15) is 4.79 Å². The van der Waals surface area contributed by atoms with Gasteiger partial charge in [-0.05, 0) is 59.7 Å². The van der Waals surface area contributed by atoms with Crippen molar-refractivity contribution in [3.8, 4) is 11.5 Å². The minimum Gasteiger partial charge on any atom is -0.493 e. The van der Waals surface area contributed by atoms with Crippen molar-refractivity contribution in [2.45, 2.75) is 19.0 Å². The molecule has 0 unspecified atom stereocenters. The number of nitrogens with zero attached hydrogens (tertiary/aromatic N) is 2. The van der Waals surface area contributed by atoms with E-state index in [1.807, 2.05) is 29.2 Å². The molecular weight excluding hydrogens is 372 g/mol. The molecule has 2 heterocycles. The lowest BCUT2D eigenvalue weighted by Gasteiger charge is -2.31. The summed E-state index contributed by atoms with van der Waals surface area (Å²) in [7, 11) is 3.22. The van der Waals surface area contributed by atoms with Crippen molar-refractivity contribution in [3.05, 3.63) is 52.5 Å². The number of amides is 1. The van der Waals surface area contributed by atoms with E-state index >= 15 is 0 Å². The summed E-state index contributed by atoms with van der Waals surface area (Å²) in [5, 5.41) is 1.14. The molecule has 1 atom stereocenters. The number of hydrogen-bond donors (Lipinski definition) is 0. The molecule has 2 aromatic rings. The first kappa shape index (κ1) is 17.1. The standard InChI is InChI=1S/C19H17ClN2O3S/c1-24-16-8-11-7-15-18(23)22(14-5-3-13(20)4-6-14)19(26)21(15)10-12(11)9-17(16)25-2/h3-6,8-9,15H,7,10H2,1-2H3/t15-/m1/s1. The number of ether oxygens (including phenoxy) is 2. The molecule has 0 aromatic heterocycles. The highest BCUT2D eigenvalue weighted by molar-refractivity contribution is 7.80. The molecule has 0 N–H and O–H groups in total. The second-order valence-electron chi connectivity index (χ2n) is 6.26. The minimum absolute atomic E-state index is 0.0160. The average molecular weight is 389 g/mol. The smallest absolute Gasteiger partial charge is 0.256 e. The van der Waals surface area contributed by atoms with Gasteiger partial charge in [-0.2, -0.15) is 0 Å².